The van der Waals surface area contributed by atoms with Crippen molar-refractivity contribution in [2.75, 3.05) is 47.6 Å². The van der Waals surface area contributed by atoms with Crippen molar-refractivity contribution in [1.82, 2.24) is 4.90 Å². The van der Waals surface area contributed by atoms with E-state index in [9.17, 15) is 4.79 Å². The van der Waals surface area contributed by atoms with Gasteiger partial charge in [-0.2, -0.15) is 35.3 Å². The smallest absolute Gasteiger partial charge is 0.222 e. The normalized spacial score (nSPS) is 17.7. The SMILES string of the molecule is CCCCCCCCCCCC(=O)N1CCSCCSCCSCC1. The third-order valence-corrected chi connectivity index (χ3v) is 8.03. The van der Waals surface area contributed by atoms with E-state index in [1.54, 1.807) is 0 Å². The van der Waals surface area contributed by atoms with E-state index in [2.05, 4.69) is 23.6 Å². The molecule has 0 aliphatic carbocycles. The van der Waals surface area contributed by atoms with Gasteiger partial charge in [-0.3, -0.25) is 4.79 Å². The molecule has 0 spiro atoms. The number of amides is 1. The number of carbonyl (C=O) groups excluding carboxylic acids is 1. The summed E-state index contributed by atoms with van der Waals surface area (Å²) in [4.78, 5) is 14.7. The maximum atomic E-state index is 12.5. The Bertz CT molecular complexity index is 303. The van der Waals surface area contributed by atoms with Crippen LogP contribution < -0.4 is 0 Å². The standard InChI is InChI=1S/C20H39NOS3/c1-2-3-4-5-6-7-8-9-10-11-20(22)21-12-14-23-16-18-25-19-17-24-15-13-21/h2-19H2,1H3. The van der Waals surface area contributed by atoms with E-state index in [0.29, 0.717) is 5.91 Å². The second kappa shape index (κ2) is 17.9. The number of unbranched alkanes of at least 4 members (excludes halogenated alkanes) is 8. The Morgan fingerprint density at radius 1 is 0.680 bits per heavy atom. The lowest BCUT2D eigenvalue weighted by atomic mass is 10.1. The number of rotatable bonds is 10. The molecule has 148 valence electrons. The summed E-state index contributed by atoms with van der Waals surface area (Å²) in [6.07, 6.45) is 12.6. The van der Waals surface area contributed by atoms with Crippen LogP contribution in [0.15, 0.2) is 0 Å². The highest BCUT2D eigenvalue weighted by Gasteiger charge is 2.13. The zero-order valence-electron chi connectivity index (χ0n) is 16.3. The number of hydrogen-bond acceptors (Lipinski definition) is 4. The van der Waals surface area contributed by atoms with Crippen LogP contribution in [0, 0.1) is 0 Å². The quantitative estimate of drug-likeness (QED) is 0.418. The van der Waals surface area contributed by atoms with Crippen molar-refractivity contribution in [2.45, 2.75) is 71.1 Å². The summed E-state index contributed by atoms with van der Waals surface area (Å²) in [7, 11) is 0. The van der Waals surface area contributed by atoms with Crippen molar-refractivity contribution in [3.05, 3.63) is 0 Å². The Kier molecular flexibility index (Phi) is 16.9. The summed E-state index contributed by atoms with van der Waals surface area (Å²) in [6, 6.07) is 0. The Morgan fingerprint density at radius 3 is 1.64 bits per heavy atom. The van der Waals surface area contributed by atoms with E-state index >= 15 is 0 Å². The molecule has 0 atom stereocenters. The summed E-state index contributed by atoms with van der Waals surface area (Å²) in [5, 5.41) is 0. The van der Waals surface area contributed by atoms with Crippen molar-refractivity contribution in [3.63, 3.8) is 0 Å². The van der Waals surface area contributed by atoms with Crippen LogP contribution in [0.25, 0.3) is 0 Å². The predicted molar refractivity (Wildman–Crippen MR) is 120 cm³/mol. The molecule has 0 N–H and O–H groups in total. The fourth-order valence-corrected chi connectivity index (χ4v) is 6.19. The zero-order valence-corrected chi connectivity index (χ0v) is 18.8. The van der Waals surface area contributed by atoms with Gasteiger partial charge in [-0.25, -0.2) is 0 Å². The molecule has 25 heavy (non-hydrogen) atoms. The Labute approximate surface area is 169 Å². The van der Waals surface area contributed by atoms with Crippen LogP contribution in [0.2, 0.25) is 0 Å². The van der Waals surface area contributed by atoms with Crippen molar-refractivity contribution >= 4 is 41.2 Å². The molecule has 1 heterocycles. The molecule has 1 aliphatic rings. The molecular formula is C20H39NOS3. The fraction of sp³-hybridized carbons (Fsp3) is 0.950. The maximum Gasteiger partial charge on any atom is 0.222 e. The monoisotopic (exact) mass is 405 g/mol. The van der Waals surface area contributed by atoms with Gasteiger partial charge in [0.05, 0.1) is 0 Å². The van der Waals surface area contributed by atoms with Gasteiger partial charge in [-0.15, -0.1) is 0 Å². The average molecular weight is 406 g/mol. The molecule has 1 rings (SSSR count). The first kappa shape index (κ1) is 23.6. The first-order valence-corrected chi connectivity index (χ1v) is 13.8. The highest BCUT2D eigenvalue weighted by atomic mass is 32.2. The molecule has 2 nitrogen and oxygen atoms in total. The highest BCUT2D eigenvalue weighted by molar-refractivity contribution is 8.04. The Balaban J connectivity index is 2.09. The van der Waals surface area contributed by atoms with Crippen LogP contribution in [0.4, 0.5) is 0 Å². The van der Waals surface area contributed by atoms with Gasteiger partial charge in [0, 0.05) is 54.0 Å². The fourth-order valence-electron chi connectivity index (χ4n) is 3.00. The molecule has 1 amide bonds. The van der Waals surface area contributed by atoms with Crippen molar-refractivity contribution in [1.29, 1.82) is 0 Å². The van der Waals surface area contributed by atoms with Crippen LogP contribution in [0.5, 0.6) is 0 Å². The van der Waals surface area contributed by atoms with Gasteiger partial charge in [-0.05, 0) is 6.42 Å². The number of nitrogens with zero attached hydrogens (tertiary/aromatic N) is 1. The molecular weight excluding hydrogens is 366 g/mol. The molecule has 1 fully saturated rings. The number of hydrogen-bond donors (Lipinski definition) is 0. The van der Waals surface area contributed by atoms with Crippen LogP contribution in [-0.2, 0) is 4.79 Å². The molecule has 0 radical (unpaired) electrons. The second-order valence-electron chi connectivity index (χ2n) is 6.80. The third-order valence-electron chi connectivity index (χ3n) is 4.60. The number of carbonyl (C=O) groups is 1. The lowest BCUT2D eigenvalue weighted by Crippen LogP contribution is -2.35. The van der Waals surface area contributed by atoms with Gasteiger partial charge in [0.15, 0.2) is 0 Å². The van der Waals surface area contributed by atoms with Crippen LogP contribution >= 0.6 is 35.3 Å². The average Bonchev–Trinajstić information content (AvgIpc) is 2.60. The summed E-state index contributed by atoms with van der Waals surface area (Å²) in [5.74, 6) is 7.60. The van der Waals surface area contributed by atoms with Crippen molar-refractivity contribution in [2.24, 2.45) is 0 Å². The summed E-state index contributed by atoms with van der Waals surface area (Å²) in [5.41, 5.74) is 0. The Hall–Kier alpha value is 0.520. The van der Waals surface area contributed by atoms with E-state index in [0.717, 1.165) is 37.4 Å². The molecule has 0 aromatic rings. The van der Waals surface area contributed by atoms with E-state index in [-0.39, 0.29) is 0 Å². The topological polar surface area (TPSA) is 20.3 Å². The Morgan fingerprint density at radius 2 is 1.12 bits per heavy atom. The molecule has 0 saturated carbocycles. The minimum Gasteiger partial charge on any atom is -0.341 e. The lowest BCUT2D eigenvalue weighted by molar-refractivity contribution is -0.130. The minimum atomic E-state index is 0.399. The first-order chi connectivity index (χ1) is 12.3. The minimum absolute atomic E-state index is 0.399. The van der Waals surface area contributed by atoms with E-state index < -0.39 is 0 Å². The van der Waals surface area contributed by atoms with E-state index in [4.69, 9.17) is 0 Å². The van der Waals surface area contributed by atoms with Gasteiger partial charge in [0.25, 0.3) is 0 Å². The molecule has 1 aliphatic heterocycles. The van der Waals surface area contributed by atoms with E-state index in [1.807, 2.05) is 23.5 Å². The molecule has 0 aromatic heterocycles. The predicted octanol–water partition coefficient (Wildman–Crippen LogP) is 5.95. The van der Waals surface area contributed by atoms with Gasteiger partial charge >= 0.3 is 0 Å². The molecule has 0 unspecified atom stereocenters. The summed E-state index contributed by atoms with van der Waals surface area (Å²) < 4.78 is 0. The van der Waals surface area contributed by atoms with Crippen LogP contribution in [0.3, 0.4) is 0 Å². The van der Waals surface area contributed by atoms with Crippen LogP contribution in [0.1, 0.15) is 71.1 Å². The molecule has 5 heteroatoms. The maximum absolute atomic E-state index is 12.5. The van der Waals surface area contributed by atoms with Crippen molar-refractivity contribution < 1.29 is 4.79 Å². The van der Waals surface area contributed by atoms with Gasteiger partial charge in [0.1, 0.15) is 0 Å². The molecule has 0 aromatic carbocycles. The second-order valence-corrected chi connectivity index (χ2v) is 10.5. The summed E-state index contributed by atoms with van der Waals surface area (Å²) >= 11 is 6.10. The van der Waals surface area contributed by atoms with Crippen molar-refractivity contribution in [3.8, 4) is 0 Å². The molecule has 0 bridgehead atoms. The highest BCUT2D eigenvalue weighted by Crippen LogP contribution is 2.15. The molecule has 1 saturated heterocycles. The van der Waals surface area contributed by atoms with Crippen LogP contribution in [-0.4, -0.2) is 58.4 Å². The van der Waals surface area contributed by atoms with E-state index in [1.165, 1.54) is 74.4 Å². The zero-order chi connectivity index (χ0) is 18.0. The van der Waals surface area contributed by atoms with Gasteiger partial charge < -0.3 is 4.90 Å². The van der Waals surface area contributed by atoms with Gasteiger partial charge in [-0.1, -0.05) is 58.3 Å². The largest absolute Gasteiger partial charge is 0.341 e. The lowest BCUT2D eigenvalue weighted by Gasteiger charge is -2.23. The number of thioether (sulfide) groups is 3. The first-order valence-electron chi connectivity index (χ1n) is 10.4. The third kappa shape index (κ3) is 14.3. The van der Waals surface area contributed by atoms with Gasteiger partial charge in [0.2, 0.25) is 5.91 Å². The summed E-state index contributed by atoms with van der Waals surface area (Å²) in [6.45, 7) is 4.17.